The molecule has 0 saturated carbocycles. The lowest BCUT2D eigenvalue weighted by molar-refractivity contribution is -0.138. The summed E-state index contributed by atoms with van der Waals surface area (Å²) in [5.41, 5.74) is -0.545. The van der Waals surface area contributed by atoms with Crippen LogP contribution in [0.2, 0.25) is 0 Å². The first kappa shape index (κ1) is 15.2. The highest BCUT2D eigenvalue weighted by molar-refractivity contribution is 5.79. The van der Waals surface area contributed by atoms with Gasteiger partial charge in [-0.3, -0.25) is 0 Å². The van der Waals surface area contributed by atoms with Crippen LogP contribution < -0.4 is 5.32 Å². The molecule has 0 aliphatic heterocycles. The van der Waals surface area contributed by atoms with Crippen molar-refractivity contribution in [2.45, 2.75) is 19.1 Å². The Kier molecular flexibility index (Phi) is 5.11. The van der Waals surface area contributed by atoms with Crippen molar-refractivity contribution in [2.75, 3.05) is 6.54 Å². The normalized spacial score (nSPS) is 13.7. The van der Waals surface area contributed by atoms with E-state index in [9.17, 15) is 18.0 Å². The van der Waals surface area contributed by atoms with E-state index in [0.717, 1.165) is 12.1 Å². The molecule has 19 heavy (non-hydrogen) atoms. The average molecular weight is 273 g/mol. The summed E-state index contributed by atoms with van der Waals surface area (Å²) in [6.45, 7) is 1.78. The highest BCUT2D eigenvalue weighted by atomic mass is 19.4. The first-order valence-corrected chi connectivity index (χ1v) is 5.61. The summed E-state index contributed by atoms with van der Waals surface area (Å²) in [7, 11) is 0. The summed E-state index contributed by atoms with van der Waals surface area (Å²) in [6.07, 6.45) is -2.12. The van der Waals surface area contributed by atoms with Crippen molar-refractivity contribution < 1.29 is 23.1 Å². The van der Waals surface area contributed by atoms with Crippen molar-refractivity contribution in [3.63, 3.8) is 0 Å². The predicted molar refractivity (Wildman–Crippen MR) is 64.6 cm³/mol. The van der Waals surface area contributed by atoms with Crippen LogP contribution in [0.15, 0.2) is 36.4 Å². The van der Waals surface area contributed by atoms with E-state index >= 15 is 0 Å². The molecule has 0 fully saturated rings. The van der Waals surface area contributed by atoms with Crippen molar-refractivity contribution in [3.05, 3.63) is 47.5 Å². The number of benzene rings is 1. The largest absolute Gasteiger partial charge is 0.478 e. The van der Waals surface area contributed by atoms with Gasteiger partial charge in [0.2, 0.25) is 0 Å². The number of aliphatic carboxylic acids is 1. The number of rotatable bonds is 5. The number of carboxylic acids is 1. The Bertz CT molecular complexity index is 469. The number of halogens is 3. The maximum atomic E-state index is 12.8. The van der Waals surface area contributed by atoms with Gasteiger partial charge < -0.3 is 10.4 Å². The van der Waals surface area contributed by atoms with Gasteiger partial charge in [0.1, 0.15) is 0 Å². The number of carbonyl (C=O) groups is 1. The summed E-state index contributed by atoms with van der Waals surface area (Å²) < 4.78 is 38.4. The Hall–Kier alpha value is -1.82. The summed E-state index contributed by atoms with van der Waals surface area (Å²) in [4.78, 5) is 10.2. The molecule has 0 amide bonds. The third kappa shape index (κ3) is 4.75. The topological polar surface area (TPSA) is 49.3 Å². The number of hydrogen-bond acceptors (Lipinski definition) is 2. The zero-order valence-electron chi connectivity index (χ0n) is 10.2. The van der Waals surface area contributed by atoms with Crippen LogP contribution in [0.1, 0.15) is 24.1 Å². The first-order chi connectivity index (χ1) is 8.82. The number of alkyl halides is 3. The van der Waals surface area contributed by atoms with E-state index in [2.05, 4.69) is 5.32 Å². The van der Waals surface area contributed by atoms with Crippen molar-refractivity contribution >= 4 is 5.97 Å². The molecule has 1 unspecified atom stereocenters. The van der Waals surface area contributed by atoms with E-state index in [4.69, 9.17) is 5.11 Å². The molecule has 0 bridgehead atoms. The molecular weight excluding hydrogens is 259 g/mol. The molecule has 2 N–H and O–H groups in total. The summed E-state index contributed by atoms with van der Waals surface area (Å²) in [6, 6.07) is 4.78. The standard InChI is InChI=1S/C13H14F3NO2/c1-9(17-8-4-7-12(18)19)10-5-2-3-6-11(10)13(14,15)16/h2-7,9,17H,8H2,1H3,(H,18,19)/b7-4+. The Balaban J connectivity index is 2.77. The monoisotopic (exact) mass is 273 g/mol. The number of hydrogen-bond donors (Lipinski definition) is 2. The maximum Gasteiger partial charge on any atom is 0.416 e. The molecule has 1 aromatic carbocycles. The number of nitrogens with one attached hydrogen (secondary N) is 1. The maximum absolute atomic E-state index is 12.8. The minimum Gasteiger partial charge on any atom is -0.478 e. The minimum absolute atomic E-state index is 0.138. The first-order valence-electron chi connectivity index (χ1n) is 5.61. The van der Waals surface area contributed by atoms with Crippen molar-refractivity contribution in [1.82, 2.24) is 5.32 Å². The summed E-state index contributed by atoms with van der Waals surface area (Å²) >= 11 is 0. The van der Waals surface area contributed by atoms with E-state index in [-0.39, 0.29) is 12.1 Å². The van der Waals surface area contributed by atoms with Gasteiger partial charge in [0.05, 0.1) is 5.56 Å². The highest BCUT2D eigenvalue weighted by Crippen LogP contribution is 2.34. The van der Waals surface area contributed by atoms with Gasteiger partial charge in [-0.15, -0.1) is 0 Å². The van der Waals surface area contributed by atoms with Gasteiger partial charge >= 0.3 is 12.1 Å². The van der Waals surface area contributed by atoms with Crippen LogP contribution in [0.25, 0.3) is 0 Å². The molecule has 0 radical (unpaired) electrons. The van der Waals surface area contributed by atoms with Crippen LogP contribution in [0.3, 0.4) is 0 Å². The van der Waals surface area contributed by atoms with E-state index in [1.165, 1.54) is 24.3 Å². The second-order valence-corrected chi connectivity index (χ2v) is 3.96. The molecule has 0 aromatic heterocycles. The van der Waals surface area contributed by atoms with Crippen LogP contribution in [0.5, 0.6) is 0 Å². The Morgan fingerprint density at radius 3 is 2.63 bits per heavy atom. The molecule has 1 aromatic rings. The van der Waals surface area contributed by atoms with Crippen molar-refractivity contribution in [1.29, 1.82) is 0 Å². The summed E-state index contributed by atoms with van der Waals surface area (Å²) in [5, 5.41) is 11.2. The third-order valence-corrected chi connectivity index (χ3v) is 2.54. The van der Waals surface area contributed by atoms with Gasteiger partial charge in [0.15, 0.2) is 0 Å². The molecular formula is C13H14F3NO2. The van der Waals surface area contributed by atoms with Gasteiger partial charge in [-0.2, -0.15) is 13.2 Å². The van der Waals surface area contributed by atoms with Crippen LogP contribution in [0, 0.1) is 0 Å². The van der Waals surface area contributed by atoms with E-state index in [1.807, 2.05) is 0 Å². The molecule has 0 heterocycles. The molecule has 104 valence electrons. The fourth-order valence-corrected chi connectivity index (χ4v) is 1.65. The van der Waals surface area contributed by atoms with Gasteiger partial charge in [-0.25, -0.2) is 4.79 Å². The van der Waals surface area contributed by atoms with Crippen LogP contribution in [-0.2, 0) is 11.0 Å². The molecule has 1 atom stereocenters. The van der Waals surface area contributed by atoms with Crippen molar-refractivity contribution in [3.8, 4) is 0 Å². The zero-order chi connectivity index (χ0) is 14.5. The Morgan fingerprint density at radius 2 is 2.05 bits per heavy atom. The van der Waals surface area contributed by atoms with Crippen LogP contribution in [0.4, 0.5) is 13.2 Å². The lowest BCUT2D eigenvalue weighted by Crippen LogP contribution is -2.22. The lowest BCUT2D eigenvalue weighted by Gasteiger charge is -2.18. The van der Waals surface area contributed by atoms with Crippen LogP contribution >= 0.6 is 0 Å². The van der Waals surface area contributed by atoms with Gasteiger partial charge in [0, 0.05) is 18.7 Å². The molecule has 0 aliphatic rings. The molecule has 6 heteroatoms. The van der Waals surface area contributed by atoms with E-state index in [0.29, 0.717) is 0 Å². The van der Waals surface area contributed by atoms with E-state index < -0.39 is 23.8 Å². The van der Waals surface area contributed by atoms with Crippen LogP contribution in [-0.4, -0.2) is 17.6 Å². The SMILES string of the molecule is CC(NC/C=C/C(=O)O)c1ccccc1C(F)(F)F. The summed E-state index contributed by atoms with van der Waals surface area (Å²) in [5.74, 6) is -1.09. The third-order valence-electron chi connectivity index (χ3n) is 2.54. The minimum atomic E-state index is -4.40. The quantitative estimate of drug-likeness (QED) is 0.811. The lowest BCUT2D eigenvalue weighted by atomic mass is 10.0. The molecule has 0 aliphatic carbocycles. The van der Waals surface area contributed by atoms with Crippen molar-refractivity contribution in [2.24, 2.45) is 0 Å². The van der Waals surface area contributed by atoms with Gasteiger partial charge in [-0.1, -0.05) is 24.3 Å². The fourth-order valence-electron chi connectivity index (χ4n) is 1.65. The smallest absolute Gasteiger partial charge is 0.416 e. The van der Waals surface area contributed by atoms with Gasteiger partial charge in [0.25, 0.3) is 0 Å². The fraction of sp³-hybridized carbons (Fsp3) is 0.308. The second kappa shape index (κ2) is 6.38. The zero-order valence-corrected chi connectivity index (χ0v) is 10.2. The Morgan fingerprint density at radius 1 is 1.42 bits per heavy atom. The van der Waals surface area contributed by atoms with E-state index in [1.54, 1.807) is 6.92 Å². The predicted octanol–water partition coefficient (Wildman–Crippen LogP) is 3.00. The van der Waals surface area contributed by atoms with Gasteiger partial charge in [-0.05, 0) is 18.6 Å². The average Bonchev–Trinajstić information content (AvgIpc) is 2.33. The Labute approximate surface area is 108 Å². The highest BCUT2D eigenvalue weighted by Gasteiger charge is 2.33. The molecule has 3 nitrogen and oxygen atoms in total. The molecule has 0 spiro atoms. The number of carboxylic acid groups (broad SMARTS) is 1. The molecule has 0 saturated heterocycles. The molecule has 1 rings (SSSR count). The second-order valence-electron chi connectivity index (χ2n) is 3.96.